The average molecular weight is 154 g/mol. The molecule has 0 aromatic carbocycles. The zero-order valence-corrected chi connectivity index (χ0v) is 6.35. The van der Waals surface area contributed by atoms with E-state index >= 15 is 0 Å². The van der Waals surface area contributed by atoms with E-state index in [1.54, 1.807) is 14.1 Å². The number of likely N-dealkylation sites (N-methyl/N-ethyl adjacent to an activating group) is 1. The van der Waals surface area contributed by atoms with Gasteiger partial charge in [-0.2, -0.15) is 5.84 Å². The zero-order valence-electron chi connectivity index (χ0n) is 5.60. The summed E-state index contributed by atoms with van der Waals surface area (Å²) in [5, 5.41) is 0. The lowest BCUT2D eigenvalue weighted by Crippen LogP contribution is -3.00. The predicted molar refractivity (Wildman–Crippen MR) is 30.4 cm³/mol. The minimum absolute atomic E-state index is 0. The van der Waals surface area contributed by atoms with Crippen molar-refractivity contribution in [3.05, 3.63) is 0 Å². The quantitative estimate of drug-likeness (QED) is 0.238. The van der Waals surface area contributed by atoms with Crippen molar-refractivity contribution in [1.29, 1.82) is 0 Å². The van der Waals surface area contributed by atoms with Crippen LogP contribution < -0.4 is 24.0 Å². The molecule has 1 amide bonds. The maximum absolute atomic E-state index is 10.1. The molecule has 5 heteroatoms. The van der Waals surface area contributed by atoms with Crippen molar-refractivity contribution in [3.8, 4) is 0 Å². The van der Waals surface area contributed by atoms with Crippen LogP contribution in [0.5, 0.6) is 0 Å². The van der Waals surface area contributed by atoms with Crippen molar-refractivity contribution in [2.75, 3.05) is 20.6 Å². The number of halogens is 1. The first-order chi connectivity index (χ1) is 3.42. The van der Waals surface area contributed by atoms with Crippen LogP contribution in [0.25, 0.3) is 0 Å². The second-order valence-electron chi connectivity index (χ2n) is 2.40. The monoisotopic (exact) mass is 153 g/mol. The SMILES string of the molecule is C[N+](C)(N)CC(N)=O.[Cl-]. The molecule has 0 saturated carbocycles. The van der Waals surface area contributed by atoms with Gasteiger partial charge in [0.1, 0.15) is 0 Å². The van der Waals surface area contributed by atoms with Crippen molar-refractivity contribution in [3.63, 3.8) is 0 Å². The van der Waals surface area contributed by atoms with E-state index < -0.39 is 0 Å². The van der Waals surface area contributed by atoms with Crippen LogP contribution in [0.15, 0.2) is 0 Å². The molecule has 0 atom stereocenters. The third-order valence-corrected chi connectivity index (χ3v) is 0.563. The van der Waals surface area contributed by atoms with Gasteiger partial charge >= 0.3 is 0 Å². The van der Waals surface area contributed by atoms with Gasteiger partial charge in [-0.25, -0.2) is 4.59 Å². The summed E-state index contributed by atoms with van der Waals surface area (Å²) in [5.41, 5.74) is 4.84. The molecule has 0 aromatic heterocycles. The lowest BCUT2D eigenvalue weighted by molar-refractivity contribution is -0.894. The molecular formula is C4H12ClN3O. The molecule has 0 radical (unpaired) electrons. The van der Waals surface area contributed by atoms with E-state index in [1.165, 1.54) is 0 Å². The number of primary amides is 1. The highest BCUT2D eigenvalue weighted by Gasteiger charge is 2.10. The van der Waals surface area contributed by atoms with Gasteiger partial charge < -0.3 is 18.1 Å². The number of nitrogens with two attached hydrogens (primary N) is 2. The van der Waals surface area contributed by atoms with E-state index in [1.807, 2.05) is 0 Å². The summed E-state index contributed by atoms with van der Waals surface area (Å²) in [6.07, 6.45) is 0. The molecule has 0 aliphatic rings. The van der Waals surface area contributed by atoms with Crippen molar-refractivity contribution in [2.24, 2.45) is 11.6 Å². The number of amides is 1. The molecule has 0 aromatic rings. The Morgan fingerprint density at radius 3 is 1.89 bits per heavy atom. The fraction of sp³-hybridized carbons (Fsp3) is 0.750. The third-order valence-electron chi connectivity index (χ3n) is 0.563. The van der Waals surface area contributed by atoms with Gasteiger partial charge in [-0.05, 0) is 0 Å². The maximum atomic E-state index is 10.1. The molecule has 0 bridgehead atoms. The molecule has 0 heterocycles. The first-order valence-corrected chi connectivity index (χ1v) is 2.32. The fourth-order valence-corrected chi connectivity index (χ4v) is 0.402. The Morgan fingerprint density at radius 2 is 1.89 bits per heavy atom. The van der Waals surface area contributed by atoms with Gasteiger partial charge in [0.15, 0.2) is 6.54 Å². The number of carbonyl (C=O) groups is 1. The number of nitrogens with zero attached hydrogens (tertiary/aromatic N) is 1. The van der Waals surface area contributed by atoms with Crippen LogP contribution in [0.4, 0.5) is 0 Å². The van der Waals surface area contributed by atoms with Gasteiger partial charge in [0.2, 0.25) is 0 Å². The van der Waals surface area contributed by atoms with Crippen LogP contribution in [0.2, 0.25) is 0 Å². The second kappa shape index (κ2) is 3.66. The molecule has 0 saturated heterocycles. The van der Waals surface area contributed by atoms with Crippen molar-refractivity contribution >= 4 is 5.91 Å². The molecule has 0 aliphatic carbocycles. The van der Waals surface area contributed by atoms with Crippen LogP contribution >= 0.6 is 0 Å². The minimum Gasteiger partial charge on any atom is -1.00 e. The predicted octanol–water partition coefficient (Wildman–Crippen LogP) is -4.57. The van der Waals surface area contributed by atoms with Gasteiger partial charge in [-0.3, -0.25) is 4.79 Å². The molecule has 4 nitrogen and oxygen atoms in total. The molecule has 4 N–H and O–H groups in total. The summed E-state index contributed by atoms with van der Waals surface area (Å²) >= 11 is 0. The lowest BCUT2D eigenvalue weighted by atomic mass is 10.5. The summed E-state index contributed by atoms with van der Waals surface area (Å²) in [7, 11) is 3.40. The first-order valence-electron chi connectivity index (χ1n) is 2.32. The summed E-state index contributed by atoms with van der Waals surface area (Å²) in [5.74, 6) is 5.00. The number of hydrogen-bond donors (Lipinski definition) is 2. The Bertz CT molecular complexity index is 98.5. The maximum Gasteiger partial charge on any atom is 0.274 e. The smallest absolute Gasteiger partial charge is 0.274 e. The molecule has 0 unspecified atom stereocenters. The van der Waals surface area contributed by atoms with E-state index in [2.05, 4.69) is 0 Å². The van der Waals surface area contributed by atoms with Crippen LogP contribution in [0, 0.1) is 0 Å². The topological polar surface area (TPSA) is 69.1 Å². The molecule has 9 heavy (non-hydrogen) atoms. The number of carbonyl (C=O) groups excluding carboxylic acids is 1. The van der Waals surface area contributed by atoms with E-state index in [0.29, 0.717) is 0 Å². The van der Waals surface area contributed by atoms with E-state index in [-0.39, 0.29) is 29.5 Å². The van der Waals surface area contributed by atoms with Gasteiger partial charge in [-0.15, -0.1) is 0 Å². The minimum atomic E-state index is -0.377. The largest absolute Gasteiger partial charge is 1.00 e. The summed E-state index contributed by atoms with van der Waals surface area (Å²) in [4.78, 5) is 10.1. The number of quaternary nitrogens is 1. The first kappa shape index (κ1) is 11.5. The van der Waals surface area contributed by atoms with Crippen molar-refractivity contribution in [1.82, 2.24) is 0 Å². The number of rotatable bonds is 2. The lowest BCUT2D eigenvalue weighted by Gasteiger charge is -2.19. The summed E-state index contributed by atoms with van der Waals surface area (Å²) < 4.78 is 0.106. The average Bonchev–Trinajstić information content (AvgIpc) is 1.21. The van der Waals surface area contributed by atoms with E-state index in [0.717, 1.165) is 0 Å². The molecule has 0 rings (SSSR count). The van der Waals surface area contributed by atoms with Gasteiger partial charge in [-0.1, -0.05) is 0 Å². The van der Waals surface area contributed by atoms with Gasteiger partial charge in [0.05, 0.1) is 14.1 Å². The third kappa shape index (κ3) is 11.3. The highest BCUT2D eigenvalue weighted by atomic mass is 35.5. The molecule has 0 fully saturated rings. The normalized spacial score (nSPS) is 10.1. The van der Waals surface area contributed by atoms with Crippen LogP contribution in [0.3, 0.4) is 0 Å². The van der Waals surface area contributed by atoms with Crippen molar-refractivity contribution < 1.29 is 21.8 Å². The Balaban J connectivity index is 0. The fourth-order valence-electron chi connectivity index (χ4n) is 0.402. The standard InChI is InChI=1S/C4H11N3O.ClH/c1-7(2,6)3-4(5)8;/h3,6H2,1-2H3,(H-,5,8);1H. The Morgan fingerprint density at radius 1 is 1.56 bits per heavy atom. The Labute approximate surface area is 60.8 Å². The summed E-state index contributed by atoms with van der Waals surface area (Å²) in [6.45, 7) is 0.181. The van der Waals surface area contributed by atoms with E-state index in [4.69, 9.17) is 11.6 Å². The number of hydrogen-bond acceptors (Lipinski definition) is 2. The second-order valence-corrected chi connectivity index (χ2v) is 2.40. The van der Waals surface area contributed by atoms with Crippen molar-refractivity contribution in [2.45, 2.75) is 0 Å². The van der Waals surface area contributed by atoms with Gasteiger partial charge in [0, 0.05) is 0 Å². The van der Waals surface area contributed by atoms with Crippen LogP contribution in [0.1, 0.15) is 0 Å². The summed E-state index contributed by atoms with van der Waals surface area (Å²) in [6, 6.07) is 0. The zero-order chi connectivity index (χ0) is 6.78. The molecular weight excluding hydrogens is 142 g/mol. The molecule has 56 valence electrons. The van der Waals surface area contributed by atoms with Crippen LogP contribution in [-0.4, -0.2) is 31.1 Å². The Kier molecular flexibility index (Phi) is 4.66. The van der Waals surface area contributed by atoms with Crippen LogP contribution in [-0.2, 0) is 4.79 Å². The highest BCUT2D eigenvalue weighted by Crippen LogP contribution is 1.79. The molecule has 0 aliphatic heterocycles. The van der Waals surface area contributed by atoms with Gasteiger partial charge in [0.25, 0.3) is 5.91 Å². The van der Waals surface area contributed by atoms with E-state index in [9.17, 15) is 4.79 Å². The molecule has 0 spiro atoms. The Hall–Kier alpha value is -0.320. The highest BCUT2D eigenvalue weighted by molar-refractivity contribution is 5.74.